The number of nitrogens with two attached hydrogens (primary N) is 1. The summed E-state index contributed by atoms with van der Waals surface area (Å²) in [5, 5.41) is 0. The lowest BCUT2D eigenvalue weighted by Crippen LogP contribution is -2.33. The van der Waals surface area contributed by atoms with Crippen molar-refractivity contribution in [1.29, 1.82) is 0 Å². The molecule has 0 radical (unpaired) electrons. The zero-order chi connectivity index (χ0) is 10.6. The Balaban J connectivity index is 0.00000196. The van der Waals surface area contributed by atoms with Crippen molar-refractivity contribution >= 4 is 22.4 Å². The first kappa shape index (κ1) is 15.1. The van der Waals surface area contributed by atoms with E-state index >= 15 is 0 Å². The van der Waals surface area contributed by atoms with Crippen LogP contribution in [0.3, 0.4) is 0 Å². The molecule has 0 spiro atoms. The number of hydrogen-bond acceptors (Lipinski definition) is 4. The van der Waals surface area contributed by atoms with E-state index in [-0.39, 0.29) is 24.8 Å². The third-order valence-electron chi connectivity index (χ3n) is 2.52. The molecule has 1 atom stereocenters. The van der Waals surface area contributed by atoms with Crippen LogP contribution in [0, 0.1) is 5.92 Å². The van der Waals surface area contributed by atoms with Crippen LogP contribution in [-0.4, -0.2) is 51.8 Å². The molecule has 1 heterocycles. The van der Waals surface area contributed by atoms with Gasteiger partial charge in [-0.05, 0) is 18.9 Å². The van der Waals surface area contributed by atoms with Crippen molar-refractivity contribution < 1.29 is 13.2 Å². The highest BCUT2D eigenvalue weighted by atomic mass is 35.5. The molecule has 0 amide bonds. The highest BCUT2D eigenvalue weighted by Crippen LogP contribution is 2.18. The van der Waals surface area contributed by atoms with E-state index in [0.29, 0.717) is 25.6 Å². The number of hydrogen-bond donors (Lipinski definition) is 1. The maximum atomic E-state index is 11.7. The summed E-state index contributed by atoms with van der Waals surface area (Å²) >= 11 is 0. The van der Waals surface area contributed by atoms with Crippen molar-refractivity contribution in [1.82, 2.24) is 4.31 Å². The van der Waals surface area contributed by atoms with E-state index in [1.807, 2.05) is 0 Å². The van der Waals surface area contributed by atoms with Crippen molar-refractivity contribution in [3.8, 4) is 0 Å². The van der Waals surface area contributed by atoms with Gasteiger partial charge >= 0.3 is 0 Å². The second-order valence-electron chi connectivity index (χ2n) is 3.56. The number of nitrogens with zero attached hydrogens (tertiary/aromatic N) is 1. The van der Waals surface area contributed by atoms with Gasteiger partial charge in [0, 0.05) is 20.2 Å². The molecule has 7 heteroatoms. The van der Waals surface area contributed by atoms with Crippen molar-refractivity contribution in [3.05, 3.63) is 0 Å². The Morgan fingerprint density at radius 1 is 1.53 bits per heavy atom. The molecule has 0 aromatic carbocycles. The first-order valence-electron chi connectivity index (χ1n) is 4.77. The van der Waals surface area contributed by atoms with Crippen LogP contribution in [-0.2, 0) is 14.8 Å². The molecule has 0 aromatic heterocycles. The topological polar surface area (TPSA) is 72.6 Å². The van der Waals surface area contributed by atoms with Gasteiger partial charge in [0.25, 0.3) is 0 Å². The average Bonchev–Trinajstić information content (AvgIpc) is 2.63. The summed E-state index contributed by atoms with van der Waals surface area (Å²) in [5.41, 5.74) is 5.49. The van der Waals surface area contributed by atoms with Gasteiger partial charge in [-0.3, -0.25) is 0 Å². The summed E-state index contributed by atoms with van der Waals surface area (Å²) < 4.78 is 29.6. The first-order chi connectivity index (χ1) is 6.60. The monoisotopic (exact) mass is 258 g/mol. The highest BCUT2D eigenvalue weighted by Gasteiger charge is 2.29. The van der Waals surface area contributed by atoms with Crippen molar-refractivity contribution in [2.45, 2.75) is 6.42 Å². The van der Waals surface area contributed by atoms with E-state index in [1.165, 1.54) is 11.4 Å². The van der Waals surface area contributed by atoms with E-state index in [2.05, 4.69) is 0 Å². The molecule has 1 rings (SSSR count). The molecule has 2 N–H and O–H groups in total. The van der Waals surface area contributed by atoms with E-state index in [4.69, 9.17) is 10.5 Å². The lowest BCUT2D eigenvalue weighted by atomic mass is 10.1. The second kappa shape index (κ2) is 6.65. The molecule has 92 valence electrons. The van der Waals surface area contributed by atoms with Gasteiger partial charge in [0.05, 0.1) is 12.4 Å². The Bertz CT molecular complexity index is 271. The number of sulfonamides is 1. The van der Waals surface area contributed by atoms with Crippen LogP contribution in [0.2, 0.25) is 0 Å². The van der Waals surface area contributed by atoms with Crippen molar-refractivity contribution in [2.24, 2.45) is 11.7 Å². The normalized spacial score (nSPS) is 22.7. The van der Waals surface area contributed by atoms with Crippen molar-refractivity contribution in [3.63, 3.8) is 0 Å². The lowest BCUT2D eigenvalue weighted by molar-refractivity contribution is 0.215. The van der Waals surface area contributed by atoms with E-state index in [0.717, 1.165) is 6.42 Å². The lowest BCUT2D eigenvalue weighted by Gasteiger charge is -2.15. The number of ether oxygens (including phenoxy) is 1. The summed E-state index contributed by atoms with van der Waals surface area (Å²) in [5.74, 6) is 0.396. The van der Waals surface area contributed by atoms with Gasteiger partial charge in [-0.25, -0.2) is 12.7 Å². The minimum Gasteiger partial charge on any atom is -0.384 e. The zero-order valence-corrected chi connectivity index (χ0v) is 10.5. The van der Waals surface area contributed by atoms with Gasteiger partial charge in [0.15, 0.2) is 0 Å². The molecular formula is C8H19ClN2O3S. The predicted molar refractivity (Wildman–Crippen MR) is 61.6 cm³/mol. The predicted octanol–water partition coefficient (Wildman–Crippen LogP) is -0.335. The average molecular weight is 259 g/mol. The van der Waals surface area contributed by atoms with Crippen LogP contribution in [0.15, 0.2) is 0 Å². The van der Waals surface area contributed by atoms with Crippen LogP contribution in [0.4, 0.5) is 0 Å². The summed E-state index contributed by atoms with van der Waals surface area (Å²) in [6.45, 7) is 2.00. The summed E-state index contributed by atoms with van der Waals surface area (Å²) in [7, 11) is -1.61. The Morgan fingerprint density at radius 2 is 2.20 bits per heavy atom. The van der Waals surface area contributed by atoms with E-state index < -0.39 is 10.0 Å². The van der Waals surface area contributed by atoms with Crippen LogP contribution < -0.4 is 5.73 Å². The smallest absolute Gasteiger partial charge is 0.216 e. The van der Waals surface area contributed by atoms with Gasteiger partial charge in [-0.1, -0.05) is 0 Å². The molecule has 1 aliphatic rings. The van der Waals surface area contributed by atoms with Crippen LogP contribution in [0.5, 0.6) is 0 Å². The highest BCUT2D eigenvalue weighted by molar-refractivity contribution is 7.89. The summed E-state index contributed by atoms with van der Waals surface area (Å²) in [6.07, 6.45) is 0.878. The Morgan fingerprint density at radius 3 is 2.67 bits per heavy atom. The van der Waals surface area contributed by atoms with Crippen LogP contribution in [0.25, 0.3) is 0 Å². The van der Waals surface area contributed by atoms with Crippen LogP contribution >= 0.6 is 12.4 Å². The van der Waals surface area contributed by atoms with Gasteiger partial charge in [-0.2, -0.15) is 0 Å². The molecule has 1 aliphatic heterocycles. The van der Waals surface area contributed by atoms with Crippen molar-refractivity contribution in [2.75, 3.05) is 39.1 Å². The van der Waals surface area contributed by atoms with E-state index in [9.17, 15) is 8.42 Å². The number of halogens is 1. The fraction of sp³-hybridized carbons (Fsp3) is 1.00. The van der Waals surface area contributed by atoms with Gasteiger partial charge in [0.2, 0.25) is 10.0 Å². The third-order valence-corrected chi connectivity index (χ3v) is 4.32. The third kappa shape index (κ3) is 4.24. The minimum atomic E-state index is -3.11. The molecule has 5 nitrogen and oxygen atoms in total. The van der Waals surface area contributed by atoms with Crippen LogP contribution in [0.1, 0.15) is 6.42 Å². The fourth-order valence-electron chi connectivity index (χ4n) is 1.56. The molecule has 1 saturated heterocycles. The van der Waals surface area contributed by atoms with Gasteiger partial charge in [-0.15, -0.1) is 12.4 Å². The van der Waals surface area contributed by atoms with Gasteiger partial charge in [0.1, 0.15) is 0 Å². The zero-order valence-electron chi connectivity index (χ0n) is 8.89. The molecule has 0 aliphatic carbocycles. The largest absolute Gasteiger partial charge is 0.384 e. The number of methoxy groups -OCH3 is 1. The van der Waals surface area contributed by atoms with Gasteiger partial charge < -0.3 is 10.5 Å². The molecule has 0 aromatic rings. The SMILES string of the molecule is COCCS(=O)(=O)N1CCC(CN)C1.Cl. The summed E-state index contributed by atoms with van der Waals surface area (Å²) in [6, 6.07) is 0. The maximum absolute atomic E-state index is 11.7. The Kier molecular flexibility index (Phi) is 6.70. The quantitative estimate of drug-likeness (QED) is 0.733. The minimum absolute atomic E-state index is 0. The number of rotatable bonds is 5. The molecule has 15 heavy (non-hydrogen) atoms. The fourth-order valence-corrected chi connectivity index (χ4v) is 3.02. The summed E-state index contributed by atoms with van der Waals surface area (Å²) in [4.78, 5) is 0. The Labute approximate surface area is 97.4 Å². The maximum Gasteiger partial charge on any atom is 0.216 e. The second-order valence-corrected chi connectivity index (χ2v) is 5.65. The molecule has 1 fully saturated rings. The first-order valence-corrected chi connectivity index (χ1v) is 6.38. The molecular weight excluding hydrogens is 240 g/mol. The molecule has 0 bridgehead atoms. The Hall–Kier alpha value is 0.120. The standard InChI is InChI=1S/C8H18N2O3S.ClH/c1-13-4-5-14(11,12)10-3-2-8(6-9)7-10;/h8H,2-7,9H2,1H3;1H. The molecule has 0 saturated carbocycles. The van der Waals surface area contributed by atoms with E-state index in [1.54, 1.807) is 0 Å². The molecule has 1 unspecified atom stereocenters.